The number of carbonyl (C=O) groups excluding carboxylic acids is 2. The highest BCUT2D eigenvalue weighted by Gasteiger charge is 2.54. The third kappa shape index (κ3) is 4.03. The van der Waals surface area contributed by atoms with Crippen LogP contribution in [0.5, 0.6) is 0 Å². The number of carbonyl (C=O) groups is 2. The van der Waals surface area contributed by atoms with Crippen LogP contribution in [0.4, 0.5) is 18.9 Å². The standard InChI is InChI=1S/C16H17Cl2F3N2O2/c1-8(2)4-13-22(15(25)16(19,20)21)9(3)14(24)23(13)12-6-10(17)5-11(18)7-12/h5-9,13H,4H2,1-3H3/t9-,13+/m1/s1. The molecule has 1 aromatic carbocycles. The second-order valence-electron chi connectivity index (χ2n) is 6.33. The lowest BCUT2D eigenvalue weighted by molar-refractivity contribution is -0.188. The van der Waals surface area contributed by atoms with Crippen LogP contribution in [-0.4, -0.2) is 35.1 Å². The molecule has 1 aliphatic rings. The van der Waals surface area contributed by atoms with Crippen molar-refractivity contribution in [1.29, 1.82) is 0 Å². The monoisotopic (exact) mass is 396 g/mol. The molecule has 0 saturated carbocycles. The molecule has 2 atom stereocenters. The van der Waals surface area contributed by atoms with Crippen molar-refractivity contribution < 1.29 is 22.8 Å². The van der Waals surface area contributed by atoms with Crippen molar-refractivity contribution in [2.45, 2.75) is 45.6 Å². The number of benzene rings is 1. The maximum atomic E-state index is 13.0. The molecule has 9 heteroatoms. The lowest BCUT2D eigenvalue weighted by Crippen LogP contribution is -2.50. The fourth-order valence-electron chi connectivity index (χ4n) is 2.93. The van der Waals surface area contributed by atoms with Crippen LogP contribution in [0.3, 0.4) is 0 Å². The summed E-state index contributed by atoms with van der Waals surface area (Å²) in [5.41, 5.74) is 0.262. The van der Waals surface area contributed by atoms with E-state index < -0.39 is 30.2 Å². The van der Waals surface area contributed by atoms with E-state index in [9.17, 15) is 22.8 Å². The molecule has 1 aromatic rings. The Bertz CT molecular complexity index is 674. The lowest BCUT2D eigenvalue weighted by atomic mass is 10.1. The molecule has 1 fully saturated rings. The minimum atomic E-state index is -5.06. The van der Waals surface area contributed by atoms with Crippen molar-refractivity contribution in [3.05, 3.63) is 28.2 Å². The van der Waals surface area contributed by atoms with Crippen molar-refractivity contribution in [2.75, 3.05) is 4.90 Å². The van der Waals surface area contributed by atoms with E-state index >= 15 is 0 Å². The summed E-state index contributed by atoms with van der Waals surface area (Å²) in [6, 6.07) is 3.09. The third-order valence-corrected chi connectivity index (χ3v) is 4.35. The van der Waals surface area contributed by atoms with E-state index in [2.05, 4.69) is 0 Å². The highest BCUT2D eigenvalue weighted by molar-refractivity contribution is 6.35. The first-order valence-corrected chi connectivity index (χ1v) is 8.37. The van der Waals surface area contributed by atoms with Gasteiger partial charge in [-0.15, -0.1) is 0 Å². The molecule has 25 heavy (non-hydrogen) atoms. The van der Waals surface area contributed by atoms with Gasteiger partial charge in [-0.3, -0.25) is 14.5 Å². The molecule has 2 rings (SSSR count). The normalized spacial score (nSPS) is 21.4. The Morgan fingerprint density at radius 3 is 2.16 bits per heavy atom. The number of halogens is 5. The number of anilines is 1. The molecule has 1 heterocycles. The maximum Gasteiger partial charge on any atom is 0.471 e. The van der Waals surface area contributed by atoms with Gasteiger partial charge in [0.15, 0.2) is 0 Å². The molecule has 2 amide bonds. The summed E-state index contributed by atoms with van der Waals surface area (Å²) in [7, 11) is 0. The molecule has 0 spiro atoms. The van der Waals surface area contributed by atoms with E-state index in [1.165, 1.54) is 30.0 Å². The molecule has 0 bridgehead atoms. The minimum absolute atomic E-state index is 0.0520. The summed E-state index contributed by atoms with van der Waals surface area (Å²) >= 11 is 11.9. The number of alkyl halides is 3. The smallest absolute Gasteiger partial charge is 0.302 e. The summed E-state index contributed by atoms with van der Waals surface area (Å²) in [5, 5.41) is 0.485. The van der Waals surface area contributed by atoms with E-state index in [1.807, 2.05) is 0 Å². The van der Waals surface area contributed by atoms with E-state index in [0.29, 0.717) is 4.90 Å². The molecular weight excluding hydrogens is 380 g/mol. The molecule has 1 aliphatic heterocycles. The van der Waals surface area contributed by atoms with Gasteiger partial charge in [0.1, 0.15) is 12.2 Å². The van der Waals surface area contributed by atoms with Gasteiger partial charge in [0.25, 0.3) is 5.91 Å². The Labute approximate surface area is 153 Å². The van der Waals surface area contributed by atoms with Crippen LogP contribution in [0.1, 0.15) is 27.2 Å². The van der Waals surface area contributed by atoms with Crippen molar-refractivity contribution in [1.82, 2.24) is 4.90 Å². The average molecular weight is 397 g/mol. The average Bonchev–Trinajstić information content (AvgIpc) is 2.67. The van der Waals surface area contributed by atoms with E-state index in [0.717, 1.165) is 0 Å². The largest absolute Gasteiger partial charge is 0.471 e. The number of amides is 2. The zero-order chi connectivity index (χ0) is 19.1. The van der Waals surface area contributed by atoms with Gasteiger partial charge in [-0.1, -0.05) is 37.0 Å². The Balaban J connectivity index is 2.54. The SMILES string of the molecule is CC(C)C[C@@H]1N(c2cc(Cl)cc(Cl)c2)C(=O)[C@@H](C)N1C(=O)C(F)(F)F. The minimum Gasteiger partial charge on any atom is -0.302 e. The molecule has 0 radical (unpaired) electrons. The van der Waals surface area contributed by atoms with E-state index in [-0.39, 0.29) is 28.1 Å². The quantitative estimate of drug-likeness (QED) is 0.754. The molecule has 0 unspecified atom stereocenters. The highest BCUT2D eigenvalue weighted by Crippen LogP contribution is 2.36. The van der Waals surface area contributed by atoms with Crippen LogP contribution in [0.15, 0.2) is 18.2 Å². The summed E-state index contributed by atoms with van der Waals surface area (Å²) in [5.74, 6) is -2.69. The Morgan fingerprint density at radius 1 is 1.20 bits per heavy atom. The van der Waals surface area contributed by atoms with Gasteiger partial charge < -0.3 is 4.90 Å². The lowest BCUT2D eigenvalue weighted by Gasteiger charge is -2.32. The first-order valence-electron chi connectivity index (χ1n) is 7.62. The number of nitrogens with zero attached hydrogens (tertiary/aromatic N) is 2. The Kier molecular flexibility index (Phi) is 5.59. The molecule has 0 N–H and O–H groups in total. The molecule has 0 aliphatic carbocycles. The number of rotatable bonds is 3. The van der Waals surface area contributed by atoms with Gasteiger partial charge >= 0.3 is 12.1 Å². The Morgan fingerprint density at radius 2 is 1.72 bits per heavy atom. The van der Waals surface area contributed by atoms with Crippen LogP contribution < -0.4 is 4.90 Å². The van der Waals surface area contributed by atoms with Crippen molar-refractivity contribution in [3.8, 4) is 0 Å². The van der Waals surface area contributed by atoms with Crippen LogP contribution in [0.25, 0.3) is 0 Å². The fourth-order valence-corrected chi connectivity index (χ4v) is 3.44. The van der Waals surface area contributed by atoms with Gasteiger partial charge in [0.05, 0.1) is 0 Å². The molecule has 138 valence electrons. The van der Waals surface area contributed by atoms with E-state index in [1.54, 1.807) is 13.8 Å². The van der Waals surface area contributed by atoms with Gasteiger partial charge in [-0.2, -0.15) is 13.2 Å². The topological polar surface area (TPSA) is 40.6 Å². The van der Waals surface area contributed by atoms with Gasteiger partial charge in [0.2, 0.25) is 0 Å². The summed E-state index contributed by atoms with van der Waals surface area (Å²) in [6.45, 7) is 4.88. The molecule has 4 nitrogen and oxygen atoms in total. The van der Waals surface area contributed by atoms with Crippen LogP contribution in [0, 0.1) is 5.92 Å². The van der Waals surface area contributed by atoms with Crippen LogP contribution in [0.2, 0.25) is 10.0 Å². The number of hydrogen-bond donors (Lipinski definition) is 0. The zero-order valence-electron chi connectivity index (χ0n) is 13.8. The first-order chi connectivity index (χ1) is 11.4. The second-order valence-corrected chi connectivity index (χ2v) is 7.21. The summed E-state index contributed by atoms with van der Waals surface area (Å²) in [6.07, 6.45) is -5.94. The fraction of sp³-hybridized carbons (Fsp3) is 0.500. The Hall–Kier alpha value is -1.47. The summed E-state index contributed by atoms with van der Waals surface area (Å²) in [4.78, 5) is 26.3. The predicted molar refractivity (Wildman–Crippen MR) is 89.6 cm³/mol. The van der Waals surface area contributed by atoms with E-state index in [4.69, 9.17) is 23.2 Å². The van der Waals surface area contributed by atoms with Gasteiger partial charge in [0, 0.05) is 15.7 Å². The van der Waals surface area contributed by atoms with Gasteiger partial charge in [-0.05, 0) is 37.5 Å². The van der Waals surface area contributed by atoms with Gasteiger partial charge in [-0.25, -0.2) is 0 Å². The second kappa shape index (κ2) is 7.03. The van der Waals surface area contributed by atoms with Crippen LogP contribution >= 0.6 is 23.2 Å². The highest BCUT2D eigenvalue weighted by atomic mass is 35.5. The van der Waals surface area contributed by atoms with Crippen molar-refractivity contribution >= 4 is 40.7 Å². The first kappa shape index (κ1) is 19.8. The third-order valence-electron chi connectivity index (χ3n) is 3.92. The maximum absolute atomic E-state index is 13.0. The van der Waals surface area contributed by atoms with Crippen molar-refractivity contribution in [3.63, 3.8) is 0 Å². The molecule has 0 aromatic heterocycles. The van der Waals surface area contributed by atoms with Crippen LogP contribution in [-0.2, 0) is 9.59 Å². The zero-order valence-corrected chi connectivity index (χ0v) is 15.3. The van der Waals surface area contributed by atoms with Crippen molar-refractivity contribution in [2.24, 2.45) is 5.92 Å². The predicted octanol–water partition coefficient (Wildman–Crippen LogP) is 4.49. The number of hydrogen-bond acceptors (Lipinski definition) is 2. The molecule has 1 saturated heterocycles. The summed E-state index contributed by atoms with van der Waals surface area (Å²) < 4.78 is 39.0. The molecular formula is C16H17Cl2F3N2O2.